The van der Waals surface area contributed by atoms with Crippen LogP contribution in [0.3, 0.4) is 0 Å². The summed E-state index contributed by atoms with van der Waals surface area (Å²) in [6.45, 7) is 6.51. The first-order chi connectivity index (χ1) is 8.46. The van der Waals surface area contributed by atoms with E-state index in [-0.39, 0.29) is 12.1 Å². The topological polar surface area (TPSA) is 42.4 Å². The molecule has 1 fully saturated rings. The number of amides is 1. The van der Waals surface area contributed by atoms with E-state index in [1.54, 1.807) is 11.3 Å². The number of aromatic nitrogens is 1. The molecule has 1 aromatic heterocycles. The molecular formula is C13H20N2O2S. The molecule has 5 heteroatoms. The van der Waals surface area contributed by atoms with E-state index in [0.29, 0.717) is 0 Å². The highest BCUT2D eigenvalue weighted by Gasteiger charge is 2.32. The van der Waals surface area contributed by atoms with Crippen molar-refractivity contribution in [3.63, 3.8) is 0 Å². The summed E-state index contributed by atoms with van der Waals surface area (Å²) < 4.78 is 5.45. The Morgan fingerprint density at radius 3 is 3.00 bits per heavy atom. The zero-order chi connectivity index (χ0) is 13.2. The number of hydrogen-bond donors (Lipinski definition) is 0. The summed E-state index contributed by atoms with van der Waals surface area (Å²) in [7, 11) is 0. The third-order valence-electron chi connectivity index (χ3n) is 2.93. The largest absolute Gasteiger partial charge is 0.444 e. The van der Waals surface area contributed by atoms with Gasteiger partial charge in [0.05, 0.1) is 5.51 Å². The first-order valence-corrected chi connectivity index (χ1v) is 7.21. The van der Waals surface area contributed by atoms with Crippen molar-refractivity contribution in [2.45, 2.75) is 51.7 Å². The van der Waals surface area contributed by atoms with Crippen LogP contribution in [0.2, 0.25) is 0 Å². The van der Waals surface area contributed by atoms with Crippen molar-refractivity contribution >= 4 is 17.4 Å². The summed E-state index contributed by atoms with van der Waals surface area (Å²) >= 11 is 1.65. The van der Waals surface area contributed by atoms with Crippen LogP contribution in [0.1, 0.15) is 38.5 Å². The second-order valence-electron chi connectivity index (χ2n) is 5.64. The van der Waals surface area contributed by atoms with E-state index in [2.05, 4.69) is 4.98 Å². The maximum absolute atomic E-state index is 12.1. The third-order valence-corrected chi connectivity index (χ3v) is 3.73. The smallest absolute Gasteiger partial charge is 0.410 e. The van der Waals surface area contributed by atoms with Gasteiger partial charge < -0.3 is 9.64 Å². The van der Waals surface area contributed by atoms with Crippen molar-refractivity contribution < 1.29 is 9.53 Å². The Balaban J connectivity index is 1.97. The van der Waals surface area contributed by atoms with Crippen molar-refractivity contribution in [2.24, 2.45) is 0 Å². The van der Waals surface area contributed by atoms with Gasteiger partial charge in [-0.15, -0.1) is 11.3 Å². The summed E-state index contributed by atoms with van der Waals surface area (Å²) in [6, 6.07) is 0.264. The van der Waals surface area contributed by atoms with Gasteiger partial charge in [0.15, 0.2) is 0 Å². The lowest BCUT2D eigenvalue weighted by atomic mass is 10.1. The fourth-order valence-electron chi connectivity index (χ4n) is 2.18. The average Bonchev–Trinajstić information content (AvgIpc) is 2.86. The summed E-state index contributed by atoms with van der Waals surface area (Å²) in [6.07, 6.45) is 4.70. The van der Waals surface area contributed by atoms with E-state index in [9.17, 15) is 4.79 Å². The monoisotopic (exact) mass is 268 g/mol. The lowest BCUT2D eigenvalue weighted by molar-refractivity contribution is 0.0227. The molecule has 0 radical (unpaired) electrons. The molecule has 1 amide bonds. The molecule has 0 aliphatic carbocycles. The molecule has 0 spiro atoms. The van der Waals surface area contributed by atoms with Gasteiger partial charge in [-0.05, 0) is 33.6 Å². The van der Waals surface area contributed by atoms with E-state index >= 15 is 0 Å². The van der Waals surface area contributed by atoms with Crippen molar-refractivity contribution in [1.82, 2.24) is 9.88 Å². The number of carbonyl (C=O) groups is 1. The molecule has 100 valence electrons. The summed E-state index contributed by atoms with van der Waals surface area (Å²) in [5.41, 5.74) is 1.41. The number of rotatable bonds is 2. The van der Waals surface area contributed by atoms with Gasteiger partial charge in [0.2, 0.25) is 0 Å². The molecule has 0 N–H and O–H groups in total. The number of thiazole rings is 1. The van der Waals surface area contributed by atoms with Crippen molar-refractivity contribution in [2.75, 3.05) is 6.54 Å². The van der Waals surface area contributed by atoms with Gasteiger partial charge in [-0.3, -0.25) is 4.98 Å². The van der Waals surface area contributed by atoms with Crippen LogP contribution in [-0.2, 0) is 11.2 Å². The Kier molecular flexibility index (Phi) is 3.90. The van der Waals surface area contributed by atoms with Crippen molar-refractivity contribution in [1.29, 1.82) is 0 Å². The minimum absolute atomic E-state index is 0.186. The molecule has 1 saturated heterocycles. The molecule has 0 aromatic carbocycles. The molecule has 2 heterocycles. The van der Waals surface area contributed by atoms with Gasteiger partial charge in [0, 0.05) is 30.1 Å². The normalized spacial score (nSPS) is 20.2. The highest BCUT2D eigenvalue weighted by Crippen LogP contribution is 2.24. The van der Waals surface area contributed by atoms with E-state index < -0.39 is 5.60 Å². The molecule has 2 rings (SSSR count). The maximum atomic E-state index is 12.1. The second kappa shape index (κ2) is 5.26. The van der Waals surface area contributed by atoms with Crippen molar-refractivity contribution in [3.05, 3.63) is 16.6 Å². The Bertz CT molecular complexity index is 398. The molecule has 18 heavy (non-hydrogen) atoms. The minimum atomic E-state index is -0.422. The van der Waals surface area contributed by atoms with Crippen LogP contribution >= 0.6 is 11.3 Å². The summed E-state index contributed by atoms with van der Waals surface area (Å²) in [4.78, 5) is 19.3. The number of hydrogen-bond acceptors (Lipinski definition) is 4. The van der Waals surface area contributed by atoms with E-state index in [4.69, 9.17) is 4.74 Å². The first-order valence-electron chi connectivity index (χ1n) is 6.33. The quantitative estimate of drug-likeness (QED) is 0.827. The predicted molar refractivity (Wildman–Crippen MR) is 71.8 cm³/mol. The third kappa shape index (κ3) is 3.45. The molecule has 0 unspecified atom stereocenters. The lowest BCUT2D eigenvalue weighted by Gasteiger charge is -2.28. The second-order valence-corrected chi connectivity index (χ2v) is 6.61. The molecule has 1 atom stereocenters. The van der Waals surface area contributed by atoms with Gasteiger partial charge in [0.1, 0.15) is 5.60 Å². The van der Waals surface area contributed by atoms with E-state index in [0.717, 1.165) is 25.8 Å². The number of likely N-dealkylation sites (tertiary alicyclic amines) is 1. The van der Waals surface area contributed by atoms with Gasteiger partial charge in [0.25, 0.3) is 0 Å². The number of ether oxygens (including phenoxy) is 1. The Hall–Kier alpha value is -1.10. The fraction of sp³-hybridized carbons (Fsp3) is 0.692. The van der Waals surface area contributed by atoms with Crippen LogP contribution in [-0.4, -0.2) is 34.2 Å². The minimum Gasteiger partial charge on any atom is -0.444 e. The van der Waals surface area contributed by atoms with Crippen LogP contribution in [0.25, 0.3) is 0 Å². The maximum Gasteiger partial charge on any atom is 0.410 e. The molecule has 1 aromatic rings. The summed E-state index contributed by atoms with van der Waals surface area (Å²) in [5, 5.41) is 0. The van der Waals surface area contributed by atoms with Gasteiger partial charge in [-0.1, -0.05) is 0 Å². The van der Waals surface area contributed by atoms with Gasteiger partial charge >= 0.3 is 6.09 Å². The molecule has 0 saturated carbocycles. The zero-order valence-corrected chi connectivity index (χ0v) is 12.0. The molecule has 1 aliphatic heterocycles. The number of carbonyl (C=O) groups excluding carboxylic acids is 1. The highest BCUT2D eigenvalue weighted by atomic mass is 32.1. The van der Waals surface area contributed by atoms with Gasteiger partial charge in [-0.25, -0.2) is 4.79 Å². The molecule has 4 nitrogen and oxygen atoms in total. The molecule has 0 bridgehead atoms. The average molecular weight is 268 g/mol. The Morgan fingerprint density at radius 1 is 1.61 bits per heavy atom. The van der Waals surface area contributed by atoms with Crippen LogP contribution in [0, 0.1) is 0 Å². The lowest BCUT2D eigenvalue weighted by Crippen LogP contribution is -2.40. The van der Waals surface area contributed by atoms with E-state index in [1.807, 2.05) is 37.4 Å². The Morgan fingerprint density at radius 2 is 2.39 bits per heavy atom. The fourth-order valence-corrected chi connectivity index (χ4v) is 2.85. The first kappa shape index (κ1) is 13.3. The predicted octanol–water partition coefficient (Wildman–Crippen LogP) is 3.09. The SMILES string of the molecule is CC(C)(C)OC(=O)N1CCC[C@@H]1Cc1cncs1. The highest BCUT2D eigenvalue weighted by molar-refractivity contribution is 7.09. The van der Waals surface area contributed by atoms with Crippen LogP contribution in [0.4, 0.5) is 4.79 Å². The van der Waals surface area contributed by atoms with Gasteiger partial charge in [-0.2, -0.15) is 0 Å². The van der Waals surface area contributed by atoms with Crippen molar-refractivity contribution in [3.8, 4) is 0 Å². The zero-order valence-electron chi connectivity index (χ0n) is 11.2. The standard InChI is InChI=1S/C13H20N2O2S/c1-13(2,3)17-12(16)15-6-4-5-10(15)7-11-8-14-9-18-11/h8-10H,4-7H2,1-3H3/t10-/m1/s1. The Labute approximate surface area is 112 Å². The number of nitrogens with zero attached hydrogens (tertiary/aromatic N) is 2. The van der Waals surface area contributed by atoms with Crippen LogP contribution in [0.15, 0.2) is 11.7 Å². The molecule has 1 aliphatic rings. The van der Waals surface area contributed by atoms with Crippen LogP contribution in [0.5, 0.6) is 0 Å². The van der Waals surface area contributed by atoms with E-state index in [1.165, 1.54) is 4.88 Å². The summed E-state index contributed by atoms with van der Waals surface area (Å²) in [5.74, 6) is 0. The van der Waals surface area contributed by atoms with Crippen LogP contribution < -0.4 is 0 Å². The molecular weight excluding hydrogens is 248 g/mol.